The van der Waals surface area contributed by atoms with Crippen molar-refractivity contribution in [3.8, 4) is 5.75 Å². The molecule has 3 heterocycles. The van der Waals surface area contributed by atoms with E-state index < -0.39 is 5.82 Å². The number of nitrogens with one attached hydrogen (secondary N) is 2. The molecule has 1 saturated heterocycles. The Balaban J connectivity index is 1.16. The van der Waals surface area contributed by atoms with E-state index in [9.17, 15) is 9.18 Å². The number of amides is 1. The summed E-state index contributed by atoms with van der Waals surface area (Å²) in [5.74, 6) is 0.993. The van der Waals surface area contributed by atoms with Gasteiger partial charge in [-0.3, -0.25) is 4.79 Å². The Labute approximate surface area is 213 Å². The lowest BCUT2D eigenvalue weighted by atomic mass is 10.1. The standard InChI is InChI=1S/C26H29FN8O2/c27-19-6-4-7-20(14-19)30-25(36)17-35-16-24(32-33-35)31-26-22-9-8-21(15-23(22)28-18-29-26)37-13-5-12-34-10-2-1-3-11-34/h4,6-9,14-16,18H,1-3,5,10-13,17H2,(H,30,36)(H,28,29,31). The maximum atomic E-state index is 13.3. The molecule has 0 unspecified atom stereocenters. The van der Waals surface area contributed by atoms with E-state index in [0.717, 1.165) is 29.6 Å². The maximum Gasteiger partial charge on any atom is 0.246 e. The van der Waals surface area contributed by atoms with Gasteiger partial charge < -0.3 is 20.3 Å². The van der Waals surface area contributed by atoms with Crippen LogP contribution < -0.4 is 15.4 Å². The van der Waals surface area contributed by atoms with Crippen LogP contribution in [0.5, 0.6) is 5.75 Å². The summed E-state index contributed by atoms with van der Waals surface area (Å²) in [5, 5.41) is 14.6. The molecule has 192 valence electrons. The molecule has 4 aromatic rings. The van der Waals surface area contributed by atoms with Crippen molar-refractivity contribution in [2.45, 2.75) is 32.2 Å². The van der Waals surface area contributed by atoms with Crippen molar-refractivity contribution in [3.63, 3.8) is 0 Å². The lowest BCUT2D eigenvalue weighted by Crippen LogP contribution is -2.31. The highest BCUT2D eigenvalue weighted by Gasteiger charge is 2.12. The molecule has 5 rings (SSSR count). The topological polar surface area (TPSA) is 110 Å². The van der Waals surface area contributed by atoms with Crippen LogP contribution in [0.4, 0.5) is 21.7 Å². The monoisotopic (exact) mass is 504 g/mol. The van der Waals surface area contributed by atoms with Crippen LogP contribution in [-0.2, 0) is 11.3 Å². The number of ether oxygens (including phenoxy) is 1. The van der Waals surface area contributed by atoms with Crippen LogP contribution in [0.25, 0.3) is 10.9 Å². The molecular formula is C26H29FN8O2. The van der Waals surface area contributed by atoms with Crippen molar-refractivity contribution in [1.82, 2.24) is 29.9 Å². The van der Waals surface area contributed by atoms with Gasteiger partial charge in [0.2, 0.25) is 5.91 Å². The maximum absolute atomic E-state index is 13.3. The molecule has 0 saturated carbocycles. The number of piperidine rings is 1. The molecule has 0 atom stereocenters. The van der Waals surface area contributed by atoms with E-state index in [-0.39, 0.29) is 12.5 Å². The van der Waals surface area contributed by atoms with E-state index in [2.05, 4.69) is 35.8 Å². The number of carbonyl (C=O) groups excluding carboxylic acids is 1. The third-order valence-corrected chi connectivity index (χ3v) is 6.14. The highest BCUT2D eigenvalue weighted by atomic mass is 19.1. The summed E-state index contributed by atoms with van der Waals surface area (Å²) in [6, 6.07) is 11.4. The molecule has 1 aliphatic heterocycles. The fourth-order valence-electron chi connectivity index (χ4n) is 4.36. The van der Waals surface area contributed by atoms with Crippen LogP contribution in [0.2, 0.25) is 0 Å². The van der Waals surface area contributed by atoms with Crippen LogP contribution in [0, 0.1) is 5.82 Å². The summed E-state index contributed by atoms with van der Waals surface area (Å²) < 4.78 is 20.7. The van der Waals surface area contributed by atoms with E-state index in [1.54, 1.807) is 12.3 Å². The minimum atomic E-state index is -0.423. The molecule has 1 fully saturated rings. The lowest BCUT2D eigenvalue weighted by molar-refractivity contribution is -0.116. The minimum absolute atomic E-state index is 0.0752. The van der Waals surface area contributed by atoms with Gasteiger partial charge in [0.25, 0.3) is 0 Å². The second-order valence-corrected chi connectivity index (χ2v) is 8.99. The Morgan fingerprint density at radius 3 is 2.84 bits per heavy atom. The number of aromatic nitrogens is 5. The molecule has 2 aromatic carbocycles. The third kappa shape index (κ3) is 6.76. The number of fused-ring (bicyclic) bond motifs is 1. The molecule has 1 aliphatic rings. The van der Waals surface area contributed by atoms with Gasteiger partial charge in [-0.25, -0.2) is 19.0 Å². The smallest absolute Gasteiger partial charge is 0.246 e. The molecule has 0 spiro atoms. The summed E-state index contributed by atoms with van der Waals surface area (Å²) in [7, 11) is 0. The first kappa shape index (κ1) is 24.6. The average molecular weight is 505 g/mol. The van der Waals surface area contributed by atoms with E-state index in [4.69, 9.17) is 4.74 Å². The fraction of sp³-hybridized carbons (Fsp3) is 0.346. The van der Waals surface area contributed by atoms with Crippen LogP contribution in [0.1, 0.15) is 25.7 Å². The number of carbonyl (C=O) groups is 1. The molecule has 0 radical (unpaired) electrons. The van der Waals surface area contributed by atoms with Crippen LogP contribution in [0.3, 0.4) is 0 Å². The Morgan fingerprint density at radius 2 is 1.97 bits per heavy atom. The van der Waals surface area contributed by atoms with E-state index in [1.807, 2.05) is 18.2 Å². The van der Waals surface area contributed by atoms with E-state index in [0.29, 0.717) is 23.9 Å². The number of hydrogen-bond donors (Lipinski definition) is 2. The quantitative estimate of drug-likeness (QED) is 0.312. The van der Waals surface area contributed by atoms with Gasteiger partial charge in [0.1, 0.15) is 30.3 Å². The summed E-state index contributed by atoms with van der Waals surface area (Å²) in [6.07, 6.45) is 8.00. The van der Waals surface area contributed by atoms with Crippen molar-refractivity contribution in [2.75, 3.05) is 36.9 Å². The summed E-state index contributed by atoms with van der Waals surface area (Å²) in [4.78, 5) is 23.5. The van der Waals surface area contributed by atoms with Gasteiger partial charge in [0.05, 0.1) is 18.3 Å². The Morgan fingerprint density at radius 1 is 1.08 bits per heavy atom. The van der Waals surface area contributed by atoms with Crippen LogP contribution in [0.15, 0.2) is 55.0 Å². The second-order valence-electron chi connectivity index (χ2n) is 8.99. The van der Waals surface area contributed by atoms with Gasteiger partial charge in [-0.15, -0.1) is 5.10 Å². The summed E-state index contributed by atoms with van der Waals surface area (Å²) >= 11 is 0. The zero-order valence-corrected chi connectivity index (χ0v) is 20.4. The zero-order chi connectivity index (χ0) is 25.5. The fourth-order valence-corrected chi connectivity index (χ4v) is 4.36. The van der Waals surface area contributed by atoms with Gasteiger partial charge in [-0.05, 0) is 62.7 Å². The van der Waals surface area contributed by atoms with Gasteiger partial charge in [0, 0.05) is 23.7 Å². The van der Waals surface area contributed by atoms with E-state index in [1.165, 1.54) is 61.6 Å². The first-order chi connectivity index (χ1) is 18.1. The van der Waals surface area contributed by atoms with Crippen LogP contribution in [-0.4, -0.2) is 62.0 Å². The normalized spacial score (nSPS) is 14.0. The van der Waals surface area contributed by atoms with Crippen molar-refractivity contribution in [3.05, 3.63) is 60.8 Å². The van der Waals surface area contributed by atoms with E-state index >= 15 is 0 Å². The molecule has 37 heavy (non-hydrogen) atoms. The lowest BCUT2D eigenvalue weighted by Gasteiger charge is -2.26. The number of halogens is 1. The average Bonchev–Trinajstić information content (AvgIpc) is 3.33. The number of anilines is 3. The molecule has 10 nitrogen and oxygen atoms in total. The molecule has 2 N–H and O–H groups in total. The van der Waals surface area contributed by atoms with Gasteiger partial charge in [-0.2, -0.15) is 0 Å². The SMILES string of the molecule is O=C(Cn1cc(Nc2ncnc3cc(OCCCN4CCCCC4)ccc23)nn1)Nc1cccc(F)c1. The number of rotatable bonds is 10. The predicted octanol–water partition coefficient (Wildman–Crippen LogP) is 4.00. The van der Waals surface area contributed by atoms with Crippen molar-refractivity contribution < 1.29 is 13.9 Å². The zero-order valence-electron chi connectivity index (χ0n) is 20.4. The first-order valence-corrected chi connectivity index (χ1v) is 12.4. The molecule has 0 aliphatic carbocycles. The van der Waals surface area contributed by atoms with Gasteiger partial charge >= 0.3 is 0 Å². The number of benzene rings is 2. The molecule has 1 amide bonds. The minimum Gasteiger partial charge on any atom is -0.493 e. The molecule has 11 heteroatoms. The van der Waals surface area contributed by atoms with Crippen LogP contribution >= 0.6 is 0 Å². The van der Waals surface area contributed by atoms with Gasteiger partial charge in [0.15, 0.2) is 5.82 Å². The first-order valence-electron chi connectivity index (χ1n) is 12.4. The highest BCUT2D eigenvalue weighted by molar-refractivity contribution is 5.91. The van der Waals surface area contributed by atoms with Crippen molar-refractivity contribution in [1.29, 1.82) is 0 Å². The largest absolute Gasteiger partial charge is 0.493 e. The Hall–Kier alpha value is -4.12. The second kappa shape index (κ2) is 11.7. The van der Waals surface area contributed by atoms with Crippen molar-refractivity contribution >= 4 is 34.1 Å². The molecule has 0 bridgehead atoms. The molecule has 2 aromatic heterocycles. The highest BCUT2D eigenvalue weighted by Crippen LogP contribution is 2.25. The van der Waals surface area contributed by atoms with Crippen molar-refractivity contribution in [2.24, 2.45) is 0 Å². The Bertz CT molecular complexity index is 1360. The Kier molecular flexibility index (Phi) is 7.80. The predicted molar refractivity (Wildman–Crippen MR) is 138 cm³/mol. The number of likely N-dealkylation sites (tertiary alicyclic amines) is 1. The molecular weight excluding hydrogens is 475 g/mol. The third-order valence-electron chi connectivity index (χ3n) is 6.14. The number of nitrogens with zero attached hydrogens (tertiary/aromatic N) is 6. The number of hydrogen-bond acceptors (Lipinski definition) is 8. The van der Waals surface area contributed by atoms with Gasteiger partial charge in [-0.1, -0.05) is 17.7 Å². The summed E-state index contributed by atoms with van der Waals surface area (Å²) in [6.45, 7) is 4.04. The summed E-state index contributed by atoms with van der Waals surface area (Å²) in [5.41, 5.74) is 1.12.